The second kappa shape index (κ2) is 5.83. The Morgan fingerprint density at radius 3 is 2.94 bits per heavy atom. The number of nitrogens with one attached hydrogen (secondary N) is 1. The van der Waals surface area contributed by atoms with Gasteiger partial charge in [-0.1, -0.05) is 6.92 Å². The number of fused-ring (bicyclic) bond motifs is 1. The zero-order chi connectivity index (χ0) is 13.1. The fourth-order valence-electron chi connectivity index (χ4n) is 3.52. The maximum absolute atomic E-state index is 12.1. The molecule has 1 N–H and O–H groups in total. The Morgan fingerprint density at radius 1 is 1.50 bits per heavy atom. The highest BCUT2D eigenvalue weighted by Crippen LogP contribution is 2.34. The van der Waals surface area contributed by atoms with Gasteiger partial charge in [0.1, 0.15) is 0 Å². The average molecular weight is 252 g/mol. The van der Waals surface area contributed by atoms with Gasteiger partial charge in [-0.2, -0.15) is 0 Å². The van der Waals surface area contributed by atoms with Crippen LogP contribution in [0.15, 0.2) is 0 Å². The van der Waals surface area contributed by atoms with Gasteiger partial charge in [-0.05, 0) is 44.7 Å². The molecule has 1 heterocycles. The number of nitrogens with zero attached hydrogens (tertiary/aromatic N) is 1. The molecule has 1 saturated heterocycles. The summed E-state index contributed by atoms with van der Waals surface area (Å²) in [7, 11) is 0. The molecule has 18 heavy (non-hydrogen) atoms. The van der Waals surface area contributed by atoms with Crippen LogP contribution in [0.5, 0.6) is 0 Å². The highest BCUT2D eigenvalue weighted by atomic mass is 16.2. The fraction of sp³-hybridized carbons (Fsp3) is 0.857. The van der Waals surface area contributed by atoms with Gasteiger partial charge in [-0.3, -0.25) is 14.5 Å². The highest BCUT2D eigenvalue weighted by molar-refractivity contribution is 5.89. The predicted octanol–water partition coefficient (Wildman–Crippen LogP) is 1.34. The number of carbonyl (C=O) groups excluding carboxylic acids is 2. The van der Waals surface area contributed by atoms with Gasteiger partial charge in [0.05, 0.1) is 6.04 Å². The minimum absolute atomic E-state index is 0.0898. The second-order valence-corrected chi connectivity index (χ2v) is 5.66. The minimum atomic E-state index is -0.231. The van der Waals surface area contributed by atoms with Crippen molar-refractivity contribution in [1.29, 1.82) is 0 Å². The Morgan fingerprint density at radius 2 is 2.28 bits per heavy atom. The molecule has 1 saturated carbocycles. The highest BCUT2D eigenvalue weighted by Gasteiger charge is 2.40. The van der Waals surface area contributed by atoms with Gasteiger partial charge in [-0.25, -0.2) is 0 Å². The molecule has 2 aliphatic rings. The molecule has 4 heteroatoms. The van der Waals surface area contributed by atoms with E-state index in [0.29, 0.717) is 18.4 Å². The van der Waals surface area contributed by atoms with Crippen molar-refractivity contribution in [3.05, 3.63) is 0 Å². The third kappa shape index (κ3) is 2.91. The molecule has 1 unspecified atom stereocenters. The van der Waals surface area contributed by atoms with E-state index in [1.54, 1.807) is 0 Å². The fourth-order valence-corrected chi connectivity index (χ4v) is 3.52. The number of hydrogen-bond acceptors (Lipinski definition) is 3. The maximum atomic E-state index is 12.1. The zero-order valence-electron chi connectivity index (χ0n) is 11.4. The molecule has 1 aliphatic heterocycles. The molecule has 0 aromatic rings. The van der Waals surface area contributed by atoms with Crippen molar-refractivity contribution in [3.8, 4) is 0 Å². The first-order chi connectivity index (χ1) is 8.61. The van der Waals surface area contributed by atoms with E-state index >= 15 is 0 Å². The number of piperidine rings is 1. The molecule has 1 aliphatic carbocycles. The lowest BCUT2D eigenvalue weighted by Crippen LogP contribution is -2.55. The van der Waals surface area contributed by atoms with E-state index in [2.05, 4.69) is 17.1 Å². The van der Waals surface area contributed by atoms with Crippen molar-refractivity contribution < 1.29 is 9.59 Å². The summed E-state index contributed by atoms with van der Waals surface area (Å²) in [6.07, 6.45) is 5.03. The van der Waals surface area contributed by atoms with Gasteiger partial charge in [0.15, 0.2) is 5.78 Å². The predicted molar refractivity (Wildman–Crippen MR) is 70.2 cm³/mol. The SMILES string of the molecule is CCCN1CCC[C@H]2CC(NC(C)=O)C(=O)C[C@@H]21. The van der Waals surface area contributed by atoms with Crippen LogP contribution < -0.4 is 5.32 Å². The van der Waals surface area contributed by atoms with Gasteiger partial charge in [-0.15, -0.1) is 0 Å². The second-order valence-electron chi connectivity index (χ2n) is 5.66. The molecule has 102 valence electrons. The number of Topliss-reactive ketones (excluding diaryl/α,β-unsaturated/α-hetero) is 1. The molecule has 4 nitrogen and oxygen atoms in total. The summed E-state index contributed by atoms with van der Waals surface area (Å²) in [6, 6.07) is 0.196. The number of amides is 1. The third-order valence-corrected chi connectivity index (χ3v) is 4.26. The Bertz CT molecular complexity index is 328. The van der Waals surface area contributed by atoms with Crippen LogP contribution in [0.3, 0.4) is 0 Å². The first-order valence-electron chi connectivity index (χ1n) is 7.15. The van der Waals surface area contributed by atoms with Crippen molar-refractivity contribution in [2.24, 2.45) is 5.92 Å². The Hall–Kier alpha value is -0.900. The summed E-state index contributed by atoms with van der Waals surface area (Å²) in [6.45, 7) is 5.91. The summed E-state index contributed by atoms with van der Waals surface area (Å²) < 4.78 is 0. The van der Waals surface area contributed by atoms with Crippen molar-refractivity contribution in [3.63, 3.8) is 0 Å². The van der Waals surface area contributed by atoms with Crippen molar-refractivity contribution in [2.75, 3.05) is 13.1 Å². The minimum Gasteiger partial charge on any atom is -0.347 e. The summed E-state index contributed by atoms with van der Waals surface area (Å²) >= 11 is 0. The molecule has 0 aromatic heterocycles. The molecule has 1 amide bonds. The normalized spacial score (nSPS) is 33.0. The van der Waals surface area contributed by atoms with Crippen LogP contribution in [0.2, 0.25) is 0 Å². The van der Waals surface area contributed by atoms with Gasteiger partial charge < -0.3 is 5.32 Å². The Labute approximate surface area is 109 Å². The molecule has 0 spiro atoms. The number of hydrogen-bond donors (Lipinski definition) is 1. The van der Waals surface area contributed by atoms with Crippen LogP contribution in [-0.2, 0) is 9.59 Å². The molecule has 0 radical (unpaired) electrons. The lowest BCUT2D eigenvalue weighted by molar-refractivity contribution is -0.131. The number of likely N-dealkylation sites (tertiary alicyclic amines) is 1. The largest absolute Gasteiger partial charge is 0.347 e. The first-order valence-corrected chi connectivity index (χ1v) is 7.15. The van der Waals surface area contributed by atoms with Crippen molar-refractivity contribution >= 4 is 11.7 Å². The maximum Gasteiger partial charge on any atom is 0.217 e. The van der Waals surface area contributed by atoms with Crippen LogP contribution in [-0.4, -0.2) is 41.8 Å². The lowest BCUT2D eigenvalue weighted by atomic mass is 9.75. The van der Waals surface area contributed by atoms with Crippen LogP contribution in [0.25, 0.3) is 0 Å². The van der Waals surface area contributed by atoms with E-state index in [9.17, 15) is 9.59 Å². The van der Waals surface area contributed by atoms with Crippen molar-refractivity contribution in [2.45, 2.75) is 58.0 Å². The smallest absolute Gasteiger partial charge is 0.217 e. The zero-order valence-corrected chi connectivity index (χ0v) is 11.4. The van der Waals surface area contributed by atoms with E-state index in [4.69, 9.17) is 0 Å². The standard InChI is InChI=1S/C14H24N2O2/c1-3-6-16-7-4-5-11-8-12(15-10(2)17)14(18)9-13(11)16/h11-13H,3-9H2,1-2H3,(H,15,17)/t11-,12?,13-/m0/s1. The number of carbonyl (C=O) groups is 2. The van der Waals surface area contributed by atoms with E-state index in [0.717, 1.165) is 25.9 Å². The van der Waals surface area contributed by atoms with E-state index in [-0.39, 0.29) is 17.7 Å². The Kier molecular flexibility index (Phi) is 4.38. The van der Waals surface area contributed by atoms with Crippen LogP contribution in [0.1, 0.15) is 46.0 Å². The lowest BCUT2D eigenvalue weighted by Gasteiger charge is -2.45. The van der Waals surface area contributed by atoms with E-state index in [1.165, 1.54) is 19.8 Å². The Balaban J connectivity index is 2.01. The first kappa shape index (κ1) is 13.5. The summed E-state index contributed by atoms with van der Waals surface area (Å²) in [5.41, 5.74) is 0. The molecular weight excluding hydrogens is 228 g/mol. The molecule has 2 fully saturated rings. The summed E-state index contributed by atoms with van der Waals surface area (Å²) in [5, 5.41) is 2.80. The quantitative estimate of drug-likeness (QED) is 0.824. The van der Waals surface area contributed by atoms with Crippen LogP contribution >= 0.6 is 0 Å². The van der Waals surface area contributed by atoms with Gasteiger partial charge in [0, 0.05) is 19.4 Å². The summed E-state index contributed by atoms with van der Waals surface area (Å²) in [4.78, 5) is 25.7. The van der Waals surface area contributed by atoms with E-state index in [1.807, 2.05) is 0 Å². The van der Waals surface area contributed by atoms with E-state index < -0.39 is 0 Å². The van der Waals surface area contributed by atoms with Gasteiger partial charge in [0.2, 0.25) is 5.91 Å². The molecular formula is C14H24N2O2. The third-order valence-electron chi connectivity index (χ3n) is 4.26. The molecule has 0 bridgehead atoms. The molecule has 3 atom stereocenters. The van der Waals surface area contributed by atoms with Gasteiger partial charge >= 0.3 is 0 Å². The number of rotatable bonds is 3. The molecule has 2 rings (SSSR count). The topological polar surface area (TPSA) is 49.4 Å². The monoisotopic (exact) mass is 252 g/mol. The van der Waals surface area contributed by atoms with Crippen molar-refractivity contribution in [1.82, 2.24) is 10.2 Å². The van der Waals surface area contributed by atoms with Gasteiger partial charge in [0.25, 0.3) is 0 Å². The average Bonchev–Trinajstić information content (AvgIpc) is 2.31. The van der Waals surface area contributed by atoms with Crippen LogP contribution in [0, 0.1) is 5.92 Å². The number of ketones is 1. The van der Waals surface area contributed by atoms with Crippen LogP contribution in [0.4, 0.5) is 0 Å². The summed E-state index contributed by atoms with van der Waals surface area (Å²) in [5.74, 6) is 0.710. The molecule has 0 aromatic carbocycles.